The van der Waals surface area contributed by atoms with E-state index in [-0.39, 0.29) is 5.11 Å². The Bertz CT molecular complexity index is 425. The maximum absolute atomic E-state index is 8.77. The van der Waals surface area contributed by atoms with Gasteiger partial charge in [-0.1, -0.05) is 23.2 Å². The van der Waals surface area contributed by atoms with E-state index in [0.29, 0.717) is 21.3 Å². The second kappa shape index (κ2) is 4.47. The summed E-state index contributed by atoms with van der Waals surface area (Å²) in [5.74, 6) is 0. The van der Waals surface area contributed by atoms with Crippen LogP contribution in [0.5, 0.6) is 0 Å². The lowest BCUT2D eigenvalue weighted by molar-refractivity contribution is 1.47. The monoisotopic (exact) mass is 245 g/mol. The van der Waals surface area contributed by atoms with Gasteiger partial charge in [-0.25, -0.2) is 0 Å². The van der Waals surface area contributed by atoms with Gasteiger partial charge >= 0.3 is 0 Å². The molecule has 0 spiro atoms. The molecule has 1 aromatic rings. The van der Waals surface area contributed by atoms with E-state index in [4.69, 9.17) is 34.2 Å². The van der Waals surface area contributed by atoms with Crippen LogP contribution in [-0.4, -0.2) is 5.11 Å². The first-order chi connectivity index (χ1) is 6.54. The molecule has 0 aliphatic heterocycles. The smallest absolute Gasteiger partial charge is 0.168 e. The van der Waals surface area contributed by atoms with Gasteiger partial charge in [0.2, 0.25) is 0 Å². The number of hydrogen-bond donors (Lipinski definition) is 2. The third kappa shape index (κ3) is 2.48. The lowest BCUT2D eigenvalue weighted by Gasteiger charge is -2.07. The third-order valence-corrected chi connectivity index (χ3v) is 2.26. The number of nitrogens with one attached hydrogen (secondary N) is 1. The molecule has 0 heterocycles. The van der Waals surface area contributed by atoms with Gasteiger partial charge in [0, 0.05) is 0 Å². The average molecular weight is 246 g/mol. The molecule has 0 atom stereocenters. The first-order valence-corrected chi connectivity index (χ1v) is 4.66. The van der Waals surface area contributed by atoms with E-state index in [0.717, 1.165) is 0 Å². The zero-order chi connectivity index (χ0) is 10.7. The van der Waals surface area contributed by atoms with Gasteiger partial charge in [0.15, 0.2) is 5.11 Å². The van der Waals surface area contributed by atoms with Crippen molar-refractivity contribution in [3.8, 4) is 6.07 Å². The minimum Gasteiger partial charge on any atom is -0.376 e. The Balaban J connectivity index is 3.22. The van der Waals surface area contributed by atoms with Crippen molar-refractivity contribution in [1.82, 2.24) is 0 Å². The molecular weight excluding hydrogens is 241 g/mol. The first-order valence-electron chi connectivity index (χ1n) is 3.50. The summed E-state index contributed by atoms with van der Waals surface area (Å²) >= 11 is 16.1. The molecule has 0 fully saturated rings. The lowest BCUT2D eigenvalue weighted by Crippen LogP contribution is -2.19. The number of thiocarbonyl (C=S) groups is 1. The van der Waals surface area contributed by atoms with Crippen LogP contribution in [0.15, 0.2) is 12.1 Å². The van der Waals surface area contributed by atoms with Crippen LogP contribution < -0.4 is 11.1 Å². The normalized spacial score (nSPS) is 9.21. The molecule has 0 bridgehead atoms. The summed E-state index contributed by atoms with van der Waals surface area (Å²) in [6.45, 7) is 0. The Hall–Kier alpha value is -1.02. The summed E-state index contributed by atoms with van der Waals surface area (Å²) in [6, 6.07) is 4.90. The number of nitrogens with two attached hydrogens (primary N) is 1. The third-order valence-electron chi connectivity index (χ3n) is 1.44. The van der Waals surface area contributed by atoms with E-state index in [1.54, 1.807) is 0 Å². The van der Waals surface area contributed by atoms with Crippen molar-refractivity contribution in [3.05, 3.63) is 27.7 Å². The van der Waals surface area contributed by atoms with Crippen LogP contribution in [0.3, 0.4) is 0 Å². The van der Waals surface area contributed by atoms with Crippen LogP contribution in [-0.2, 0) is 0 Å². The maximum Gasteiger partial charge on any atom is 0.168 e. The zero-order valence-electron chi connectivity index (χ0n) is 6.84. The molecule has 3 N–H and O–H groups in total. The number of hydrogen-bond acceptors (Lipinski definition) is 2. The van der Waals surface area contributed by atoms with Crippen LogP contribution in [0, 0.1) is 11.3 Å². The molecule has 72 valence electrons. The minimum absolute atomic E-state index is 0.0693. The molecule has 0 aliphatic carbocycles. The Kier molecular flexibility index (Phi) is 3.53. The molecule has 0 saturated heterocycles. The van der Waals surface area contributed by atoms with Crippen LogP contribution in [0.1, 0.15) is 5.56 Å². The summed E-state index contributed by atoms with van der Waals surface area (Å²) in [7, 11) is 0. The van der Waals surface area contributed by atoms with Crippen LogP contribution in [0.25, 0.3) is 0 Å². The molecule has 3 nitrogen and oxygen atoms in total. The largest absolute Gasteiger partial charge is 0.376 e. The van der Waals surface area contributed by atoms with Crippen LogP contribution in [0.2, 0.25) is 10.0 Å². The van der Waals surface area contributed by atoms with Crippen molar-refractivity contribution in [2.45, 2.75) is 0 Å². The minimum atomic E-state index is 0.0693. The van der Waals surface area contributed by atoms with Crippen molar-refractivity contribution in [2.24, 2.45) is 5.73 Å². The van der Waals surface area contributed by atoms with Crippen LogP contribution >= 0.6 is 35.4 Å². The number of nitrogens with zero attached hydrogens (tertiary/aromatic N) is 1. The summed E-state index contributed by atoms with van der Waals surface area (Å²) in [6.07, 6.45) is 0. The molecule has 6 heteroatoms. The highest BCUT2D eigenvalue weighted by atomic mass is 35.5. The van der Waals surface area contributed by atoms with Crippen molar-refractivity contribution < 1.29 is 0 Å². The maximum atomic E-state index is 8.77. The SMILES string of the molecule is N#Cc1cc(Cl)c(Cl)cc1NC(N)=S. The highest BCUT2D eigenvalue weighted by Crippen LogP contribution is 2.28. The number of halogens is 2. The van der Waals surface area contributed by atoms with E-state index in [1.807, 2.05) is 6.07 Å². The number of rotatable bonds is 1. The van der Waals surface area contributed by atoms with Gasteiger partial charge in [-0.2, -0.15) is 5.26 Å². The zero-order valence-corrected chi connectivity index (χ0v) is 9.17. The van der Waals surface area contributed by atoms with Gasteiger partial charge < -0.3 is 11.1 Å². The number of nitriles is 1. The van der Waals surface area contributed by atoms with Gasteiger partial charge in [0.25, 0.3) is 0 Å². The molecule has 1 aromatic carbocycles. The Morgan fingerprint density at radius 1 is 1.43 bits per heavy atom. The number of anilines is 1. The molecule has 14 heavy (non-hydrogen) atoms. The highest BCUT2D eigenvalue weighted by molar-refractivity contribution is 7.80. The van der Waals surface area contributed by atoms with Gasteiger partial charge in [0.05, 0.1) is 21.3 Å². The Morgan fingerprint density at radius 2 is 2.00 bits per heavy atom. The average Bonchev–Trinajstić information content (AvgIpc) is 2.10. The van der Waals surface area contributed by atoms with E-state index < -0.39 is 0 Å². The Morgan fingerprint density at radius 3 is 2.50 bits per heavy atom. The molecule has 1 rings (SSSR count). The van der Waals surface area contributed by atoms with Crippen molar-refractivity contribution >= 4 is 46.2 Å². The fourth-order valence-corrected chi connectivity index (χ4v) is 1.31. The van der Waals surface area contributed by atoms with Crippen molar-refractivity contribution in [3.63, 3.8) is 0 Å². The van der Waals surface area contributed by atoms with Crippen molar-refractivity contribution in [2.75, 3.05) is 5.32 Å². The van der Waals surface area contributed by atoms with Crippen molar-refractivity contribution in [1.29, 1.82) is 5.26 Å². The topological polar surface area (TPSA) is 61.8 Å². The summed E-state index contributed by atoms with van der Waals surface area (Å²) in [5.41, 5.74) is 6.06. The van der Waals surface area contributed by atoms with E-state index >= 15 is 0 Å². The predicted molar refractivity (Wildman–Crippen MR) is 61.6 cm³/mol. The highest BCUT2D eigenvalue weighted by Gasteiger charge is 2.07. The molecular formula is C8H5Cl2N3S. The molecule has 0 radical (unpaired) electrons. The van der Waals surface area contributed by atoms with E-state index in [9.17, 15) is 0 Å². The van der Waals surface area contributed by atoms with E-state index in [1.165, 1.54) is 12.1 Å². The van der Waals surface area contributed by atoms with Gasteiger partial charge in [-0.15, -0.1) is 0 Å². The lowest BCUT2D eigenvalue weighted by atomic mass is 10.2. The van der Waals surface area contributed by atoms with Crippen LogP contribution in [0.4, 0.5) is 5.69 Å². The molecule has 0 aromatic heterocycles. The van der Waals surface area contributed by atoms with Gasteiger partial charge in [-0.3, -0.25) is 0 Å². The molecule has 0 aliphatic rings. The second-order valence-electron chi connectivity index (χ2n) is 2.41. The molecule has 0 amide bonds. The first kappa shape index (κ1) is 11.1. The Labute approximate surface area is 96.4 Å². The van der Waals surface area contributed by atoms with Gasteiger partial charge in [-0.05, 0) is 24.4 Å². The fraction of sp³-hybridized carbons (Fsp3) is 0. The predicted octanol–water partition coefficient (Wildman–Crippen LogP) is 2.52. The number of benzene rings is 1. The quantitative estimate of drug-likeness (QED) is 0.747. The van der Waals surface area contributed by atoms with Gasteiger partial charge in [0.1, 0.15) is 6.07 Å². The standard InChI is InChI=1S/C8H5Cl2N3S/c9-5-1-4(3-11)7(2-6(5)10)13-8(12)14/h1-2H,(H3,12,13,14). The fourth-order valence-electron chi connectivity index (χ4n) is 0.875. The second-order valence-corrected chi connectivity index (χ2v) is 3.67. The summed E-state index contributed by atoms with van der Waals surface area (Å²) < 4.78 is 0. The van der Waals surface area contributed by atoms with E-state index in [2.05, 4.69) is 17.5 Å². The molecule has 0 unspecified atom stereocenters. The summed E-state index contributed by atoms with van der Waals surface area (Å²) in [5, 5.41) is 12.1. The summed E-state index contributed by atoms with van der Waals surface area (Å²) in [4.78, 5) is 0. The molecule has 0 saturated carbocycles.